The average molecular weight is 507 g/mol. The zero-order chi connectivity index (χ0) is 26.4. The molecule has 2 fully saturated rings. The third kappa shape index (κ3) is 2.62. The lowest BCUT2D eigenvalue weighted by Crippen LogP contribution is -2.66. The summed E-state index contributed by atoms with van der Waals surface area (Å²) < 4.78 is 5.42. The van der Waals surface area contributed by atoms with Gasteiger partial charge in [-0.25, -0.2) is 9.55 Å². The summed E-state index contributed by atoms with van der Waals surface area (Å²) in [7, 11) is 0. The Bertz CT molecular complexity index is 1650. The molecule has 2 aromatic carbocycles. The molecule has 38 heavy (non-hydrogen) atoms. The van der Waals surface area contributed by atoms with Crippen LogP contribution in [0.4, 0.5) is 0 Å². The van der Waals surface area contributed by atoms with Crippen molar-refractivity contribution >= 4 is 27.6 Å². The van der Waals surface area contributed by atoms with Crippen LogP contribution in [0.15, 0.2) is 30.3 Å². The predicted molar refractivity (Wildman–Crippen MR) is 156 cm³/mol. The molecule has 0 amide bonds. The van der Waals surface area contributed by atoms with Crippen LogP contribution in [0.1, 0.15) is 128 Å². The van der Waals surface area contributed by atoms with Gasteiger partial charge < -0.3 is 0 Å². The van der Waals surface area contributed by atoms with Crippen molar-refractivity contribution in [2.45, 2.75) is 122 Å². The summed E-state index contributed by atoms with van der Waals surface area (Å²) in [6.45, 7) is 16.9. The number of hydrogen-bond donors (Lipinski definition) is 0. The number of benzene rings is 2. The first-order valence-electron chi connectivity index (χ1n) is 15.5. The molecule has 4 unspecified atom stereocenters. The van der Waals surface area contributed by atoms with Gasteiger partial charge >= 0.3 is 0 Å². The molecule has 198 valence electrons. The van der Waals surface area contributed by atoms with Crippen molar-refractivity contribution in [3.05, 3.63) is 52.8 Å². The van der Waals surface area contributed by atoms with E-state index < -0.39 is 0 Å². The highest BCUT2D eigenvalue weighted by atomic mass is 15.2. The van der Waals surface area contributed by atoms with E-state index in [1.54, 1.807) is 11.1 Å². The van der Waals surface area contributed by atoms with E-state index in [1.807, 2.05) is 0 Å². The van der Waals surface area contributed by atoms with Gasteiger partial charge in [0.25, 0.3) is 5.65 Å². The lowest BCUT2D eigenvalue weighted by molar-refractivity contribution is -0.728. The zero-order valence-corrected chi connectivity index (χ0v) is 24.5. The normalized spacial score (nSPS) is 33.6. The van der Waals surface area contributed by atoms with E-state index in [9.17, 15) is 0 Å². The summed E-state index contributed by atoms with van der Waals surface area (Å²) in [5, 5.41) is 1.38. The average Bonchev–Trinajstić information content (AvgIpc) is 3.14. The number of hydrogen-bond acceptors (Lipinski definition) is 1. The Morgan fingerprint density at radius 2 is 1.58 bits per heavy atom. The summed E-state index contributed by atoms with van der Waals surface area (Å²) in [6.07, 6.45) is 9.35. The minimum absolute atomic E-state index is 0.0251. The molecule has 0 spiro atoms. The van der Waals surface area contributed by atoms with Crippen LogP contribution in [0, 0.1) is 11.8 Å². The monoisotopic (exact) mass is 506 g/mol. The van der Waals surface area contributed by atoms with E-state index in [1.165, 1.54) is 65.6 Å². The van der Waals surface area contributed by atoms with E-state index in [0.717, 1.165) is 42.0 Å². The van der Waals surface area contributed by atoms with Gasteiger partial charge in [0.05, 0.1) is 10.9 Å². The second-order valence-corrected chi connectivity index (χ2v) is 15.0. The van der Waals surface area contributed by atoms with Crippen LogP contribution >= 0.6 is 0 Å². The lowest BCUT2D eigenvalue weighted by atomic mass is 9.62. The Morgan fingerprint density at radius 1 is 0.921 bits per heavy atom. The summed E-state index contributed by atoms with van der Waals surface area (Å²) in [4.78, 5) is 5.47. The zero-order valence-electron chi connectivity index (χ0n) is 24.5. The van der Waals surface area contributed by atoms with Gasteiger partial charge in [-0.15, -0.1) is 0 Å². The molecule has 0 saturated heterocycles. The molecule has 9 rings (SSSR count). The van der Waals surface area contributed by atoms with Crippen molar-refractivity contribution in [2.75, 3.05) is 0 Å². The van der Waals surface area contributed by atoms with Gasteiger partial charge in [0.1, 0.15) is 5.54 Å². The topological polar surface area (TPSA) is 21.2 Å². The molecule has 2 aromatic heterocycles. The maximum Gasteiger partial charge on any atom is 0.299 e. The number of aromatic nitrogens is 3. The third-order valence-electron chi connectivity index (χ3n) is 12.2. The number of rotatable bonds is 2. The molecule has 3 nitrogen and oxygen atoms in total. The van der Waals surface area contributed by atoms with Gasteiger partial charge in [0.15, 0.2) is 11.0 Å². The highest BCUT2D eigenvalue weighted by Crippen LogP contribution is 2.57. The van der Waals surface area contributed by atoms with Crippen molar-refractivity contribution in [2.24, 2.45) is 11.8 Å². The van der Waals surface area contributed by atoms with Gasteiger partial charge in [-0.2, -0.15) is 4.40 Å². The molecule has 3 heterocycles. The summed E-state index contributed by atoms with van der Waals surface area (Å²) >= 11 is 0. The van der Waals surface area contributed by atoms with Gasteiger partial charge in [-0.1, -0.05) is 53.7 Å². The predicted octanol–water partition coefficient (Wildman–Crippen LogP) is 8.42. The van der Waals surface area contributed by atoms with E-state index in [-0.39, 0.29) is 16.4 Å². The molecule has 0 N–H and O–H groups in total. The Morgan fingerprint density at radius 3 is 2.18 bits per heavy atom. The minimum atomic E-state index is -0.0631. The van der Waals surface area contributed by atoms with E-state index in [2.05, 4.69) is 87.8 Å². The van der Waals surface area contributed by atoms with Crippen molar-refractivity contribution in [3.63, 3.8) is 0 Å². The quantitative estimate of drug-likeness (QED) is 0.250. The van der Waals surface area contributed by atoms with Crippen molar-refractivity contribution in [1.82, 2.24) is 9.38 Å². The van der Waals surface area contributed by atoms with E-state index >= 15 is 0 Å². The summed E-state index contributed by atoms with van der Waals surface area (Å²) in [6, 6.07) is 12.3. The number of imidazole rings is 1. The second kappa shape index (κ2) is 7.20. The van der Waals surface area contributed by atoms with E-state index in [0.29, 0.717) is 0 Å². The van der Waals surface area contributed by atoms with Gasteiger partial charge in [-0.05, 0) is 110 Å². The standard InChI is InChI=1S/C35H44N3/c1-8-34(6)26-11-10-12-27-30(26)31-37(32(36-27)33(3,4)5)28-18-24-22-14-20-13-21(15-22)17-23(16-20)25(24)19-29(28)38(31)35(34,7)9-2/h10-12,18-23H,8-9,13-17H2,1-7H3/q+1. The Labute approximate surface area is 227 Å². The fourth-order valence-electron chi connectivity index (χ4n) is 9.95. The molecule has 4 bridgehead atoms. The van der Waals surface area contributed by atoms with Crippen LogP contribution < -0.4 is 4.57 Å². The maximum atomic E-state index is 5.47. The first kappa shape index (κ1) is 23.5. The van der Waals surface area contributed by atoms with Gasteiger partial charge in [-0.3, -0.25) is 0 Å². The number of fused-ring (bicyclic) bond motifs is 3. The van der Waals surface area contributed by atoms with Crippen molar-refractivity contribution in [3.8, 4) is 0 Å². The summed E-state index contributed by atoms with van der Waals surface area (Å²) in [5.74, 6) is 4.58. The summed E-state index contributed by atoms with van der Waals surface area (Å²) in [5.41, 5.74) is 10.2. The molecular weight excluding hydrogens is 462 g/mol. The smallest absolute Gasteiger partial charge is 0.216 e. The molecule has 4 aliphatic carbocycles. The largest absolute Gasteiger partial charge is 0.299 e. The first-order chi connectivity index (χ1) is 18.1. The molecule has 4 aromatic rings. The van der Waals surface area contributed by atoms with Crippen LogP contribution in [0.2, 0.25) is 0 Å². The fourth-order valence-corrected chi connectivity index (χ4v) is 9.95. The SMILES string of the molecule is CCC1(C)c2cccc3nc(C(C)(C)C)n4c5cc6c(cc5[n+](c4c23)C1(C)CC)C1CC2CC(CC6C2)C1. The molecular formula is C35H44N3+. The highest BCUT2D eigenvalue weighted by Gasteiger charge is 2.56. The minimum Gasteiger partial charge on any atom is -0.216 e. The van der Waals surface area contributed by atoms with Crippen LogP contribution in [-0.4, -0.2) is 9.38 Å². The van der Waals surface area contributed by atoms with Crippen LogP contribution in [0.3, 0.4) is 0 Å². The fraction of sp³-hybridized carbons (Fsp3) is 0.600. The third-order valence-corrected chi connectivity index (χ3v) is 12.2. The maximum absolute atomic E-state index is 5.47. The molecule has 0 radical (unpaired) electrons. The first-order valence-corrected chi connectivity index (χ1v) is 15.5. The molecule has 3 heteroatoms. The van der Waals surface area contributed by atoms with Crippen LogP contribution in [-0.2, 0) is 16.4 Å². The Balaban J connectivity index is 1.61. The van der Waals surface area contributed by atoms with Crippen molar-refractivity contribution in [1.29, 1.82) is 0 Å². The lowest BCUT2D eigenvalue weighted by Gasteiger charge is -2.46. The number of nitrogens with zero attached hydrogens (tertiary/aromatic N) is 3. The second-order valence-electron chi connectivity index (χ2n) is 15.0. The van der Waals surface area contributed by atoms with E-state index in [4.69, 9.17) is 4.98 Å². The Kier molecular flexibility index (Phi) is 4.45. The Hall–Kier alpha value is -2.42. The molecule has 5 aliphatic rings. The molecule has 4 atom stereocenters. The van der Waals surface area contributed by atoms with Crippen LogP contribution in [0.25, 0.3) is 27.6 Å². The van der Waals surface area contributed by atoms with Crippen LogP contribution in [0.5, 0.6) is 0 Å². The molecule has 1 aliphatic heterocycles. The van der Waals surface area contributed by atoms with Crippen molar-refractivity contribution < 1.29 is 4.57 Å². The van der Waals surface area contributed by atoms with Gasteiger partial charge in [0.2, 0.25) is 5.82 Å². The molecule has 2 saturated carbocycles. The van der Waals surface area contributed by atoms with Gasteiger partial charge in [0, 0.05) is 10.8 Å². The highest BCUT2D eigenvalue weighted by molar-refractivity contribution is 5.98.